The average Bonchev–Trinajstić information content (AvgIpc) is 3.37. The summed E-state index contributed by atoms with van der Waals surface area (Å²) in [6, 6.07) is 9.98. The largest absolute Gasteiger partial charge is 0.335 e. The van der Waals surface area contributed by atoms with Gasteiger partial charge in [-0.25, -0.2) is 14.6 Å². The molecule has 0 atom stereocenters. The second-order valence-electron chi connectivity index (χ2n) is 7.72. The van der Waals surface area contributed by atoms with Crippen LogP contribution in [0.25, 0.3) is 5.69 Å². The molecule has 3 heterocycles. The molecule has 1 aliphatic carbocycles. The Morgan fingerprint density at radius 3 is 2.72 bits per heavy atom. The zero-order chi connectivity index (χ0) is 19.6. The molecule has 2 fully saturated rings. The summed E-state index contributed by atoms with van der Waals surface area (Å²) in [5.41, 5.74) is 3.94. The Morgan fingerprint density at radius 1 is 1.10 bits per heavy atom. The number of carbonyl (C=O) groups is 1. The molecule has 0 spiro atoms. The molecular weight excluding hydrogens is 384 g/mol. The molecule has 1 amide bonds. The lowest BCUT2D eigenvalue weighted by molar-refractivity contribution is 0.0749. The van der Waals surface area contributed by atoms with Gasteiger partial charge in [-0.15, -0.1) is 16.4 Å². The molecule has 1 saturated heterocycles. The van der Waals surface area contributed by atoms with Crippen molar-refractivity contribution >= 4 is 17.2 Å². The Hall–Kier alpha value is -2.58. The van der Waals surface area contributed by atoms with E-state index in [0.29, 0.717) is 18.3 Å². The molecule has 8 heteroatoms. The Labute approximate surface area is 174 Å². The number of hydrogen-bond acceptors (Lipinski definition) is 6. The van der Waals surface area contributed by atoms with Crippen molar-refractivity contribution in [2.45, 2.75) is 31.7 Å². The lowest BCUT2D eigenvalue weighted by Crippen LogP contribution is -2.35. The highest BCUT2D eigenvalue weighted by molar-refractivity contribution is 7.07. The van der Waals surface area contributed by atoms with Crippen LogP contribution in [-0.2, 0) is 6.54 Å². The van der Waals surface area contributed by atoms with Crippen LogP contribution in [-0.4, -0.2) is 61.6 Å². The smallest absolute Gasteiger partial charge is 0.293 e. The standard InChI is InChI=1S/C21H24N6OS/c28-21(26-10-4-9-25(11-12-26)13-17-14-29-15-22-17)19-23-20(16-7-8-16)27(24-19)18-5-2-1-3-6-18/h1-3,5-6,14-16H,4,7-13H2. The van der Waals surface area contributed by atoms with Crippen molar-refractivity contribution in [2.24, 2.45) is 0 Å². The van der Waals surface area contributed by atoms with E-state index in [0.717, 1.165) is 62.6 Å². The minimum Gasteiger partial charge on any atom is -0.335 e. The van der Waals surface area contributed by atoms with E-state index < -0.39 is 0 Å². The van der Waals surface area contributed by atoms with Gasteiger partial charge in [0, 0.05) is 44.0 Å². The van der Waals surface area contributed by atoms with E-state index in [-0.39, 0.29) is 5.91 Å². The van der Waals surface area contributed by atoms with E-state index in [9.17, 15) is 4.79 Å². The van der Waals surface area contributed by atoms with E-state index >= 15 is 0 Å². The van der Waals surface area contributed by atoms with Gasteiger partial charge >= 0.3 is 0 Å². The van der Waals surface area contributed by atoms with Crippen LogP contribution in [0.1, 0.15) is 47.3 Å². The zero-order valence-electron chi connectivity index (χ0n) is 16.3. The minimum absolute atomic E-state index is 0.0583. The highest BCUT2D eigenvalue weighted by atomic mass is 32.1. The van der Waals surface area contributed by atoms with Gasteiger partial charge in [-0.1, -0.05) is 18.2 Å². The maximum absolute atomic E-state index is 13.2. The van der Waals surface area contributed by atoms with Crippen LogP contribution in [0, 0.1) is 0 Å². The first kappa shape index (κ1) is 18.4. The van der Waals surface area contributed by atoms with Crippen LogP contribution in [0.2, 0.25) is 0 Å². The van der Waals surface area contributed by atoms with Crippen molar-refractivity contribution < 1.29 is 4.79 Å². The predicted octanol–water partition coefficient (Wildman–Crippen LogP) is 2.95. The van der Waals surface area contributed by atoms with Crippen LogP contribution in [0.15, 0.2) is 41.2 Å². The number of benzene rings is 1. The SMILES string of the molecule is O=C(c1nc(C2CC2)n(-c2ccccc2)n1)N1CCCN(Cc2cscn2)CC1. The third-order valence-corrected chi connectivity index (χ3v) is 6.15. The van der Waals surface area contributed by atoms with Crippen molar-refractivity contribution in [1.82, 2.24) is 29.5 Å². The molecule has 2 aromatic heterocycles. The Balaban J connectivity index is 1.31. The average molecular weight is 409 g/mol. The van der Waals surface area contributed by atoms with E-state index in [2.05, 4.69) is 25.3 Å². The molecule has 1 aromatic carbocycles. The number of para-hydroxylation sites is 1. The summed E-state index contributed by atoms with van der Waals surface area (Å²) in [5, 5.41) is 6.71. The van der Waals surface area contributed by atoms with Gasteiger partial charge in [-0.05, 0) is 31.4 Å². The molecule has 29 heavy (non-hydrogen) atoms. The topological polar surface area (TPSA) is 67.2 Å². The van der Waals surface area contributed by atoms with Gasteiger partial charge < -0.3 is 4.90 Å². The third kappa shape index (κ3) is 4.09. The highest BCUT2D eigenvalue weighted by Gasteiger charge is 2.32. The van der Waals surface area contributed by atoms with Crippen molar-refractivity contribution in [3.05, 3.63) is 58.6 Å². The number of thiazole rings is 1. The molecule has 1 saturated carbocycles. The van der Waals surface area contributed by atoms with Crippen molar-refractivity contribution in [1.29, 1.82) is 0 Å². The van der Waals surface area contributed by atoms with Crippen LogP contribution >= 0.6 is 11.3 Å². The van der Waals surface area contributed by atoms with Gasteiger partial charge in [0.15, 0.2) is 0 Å². The van der Waals surface area contributed by atoms with Gasteiger partial charge in [0.05, 0.1) is 16.9 Å². The molecule has 0 bridgehead atoms. The van der Waals surface area contributed by atoms with E-state index in [1.54, 1.807) is 11.3 Å². The van der Waals surface area contributed by atoms with Crippen molar-refractivity contribution in [3.63, 3.8) is 0 Å². The van der Waals surface area contributed by atoms with Gasteiger partial charge in [0.25, 0.3) is 5.91 Å². The monoisotopic (exact) mass is 408 g/mol. The first-order chi connectivity index (χ1) is 14.3. The summed E-state index contributed by atoms with van der Waals surface area (Å²) < 4.78 is 1.86. The summed E-state index contributed by atoms with van der Waals surface area (Å²) in [5.74, 6) is 1.60. The number of nitrogens with zero attached hydrogens (tertiary/aromatic N) is 6. The number of aromatic nitrogens is 4. The first-order valence-electron chi connectivity index (χ1n) is 10.2. The second kappa shape index (κ2) is 8.04. The summed E-state index contributed by atoms with van der Waals surface area (Å²) in [6.07, 6.45) is 3.19. The van der Waals surface area contributed by atoms with Crippen LogP contribution < -0.4 is 0 Å². The molecule has 0 N–H and O–H groups in total. The van der Waals surface area contributed by atoms with Gasteiger partial charge in [-0.2, -0.15) is 0 Å². The first-order valence-corrected chi connectivity index (χ1v) is 11.1. The third-order valence-electron chi connectivity index (χ3n) is 5.51. The predicted molar refractivity (Wildman–Crippen MR) is 111 cm³/mol. The number of carbonyl (C=O) groups excluding carboxylic acids is 1. The summed E-state index contributed by atoms with van der Waals surface area (Å²) in [6.45, 7) is 4.10. The normalized spacial score (nSPS) is 18.0. The summed E-state index contributed by atoms with van der Waals surface area (Å²) in [4.78, 5) is 26.5. The minimum atomic E-state index is -0.0583. The second-order valence-corrected chi connectivity index (χ2v) is 8.44. The molecule has 5 rings (SSSR count). The van der Waals surface area contributed by atoms with Crippen LogP contribution in [0.4, 0.5) is 0 Å². The number of amides is 1. The van der Waals surface area contributed by atoms with Crippen molar-refractivity contribution in [2.75, 3.05) is 26.2 Å². The summed E-state index contributed by atoms with van der Waals surface area (Å²) in [7, 11) is 0. The highest BCUT2D eigenvalue weighted by Crippen LogP contribution is 2.39. The quantitative estimate of drug-likeness (QED) is 0.649. The lowest BCUT2D eigenvalue weighted by atomic mass is 10.3. The Bertz CT molecular complexity index is 966. The number of rotatable bonds is 5. The molecule has 0 radical (unpaired) electrons. The van der Waals surface area contributed by atoms with Gasteiger partial charge in [-0.3, -0.25) is 9.69 Å². The molecular formula is C21H24N6OS. The fourth-order valence-corrected chi connectivity index (χ4v) is 4.35. The maximum Gasteiger partial charge on any atom is 0.293 e. The molecule has 0 unspecified atom stereocenters. The summed E-state index contributed by atoms with van der Waals surface area (Å²) >= 11 is 1.62. The van der Waals surface area contributed by atoms with Crippen molar-refractivity contribution in [3.8, 4) is 5.69 Å². The number of hydrogen-bond donors (Lipinski definition) is 0. The van der Waals surface area contributed by atoms with Gasteiger partial charge in [0.2, 0.25) is 5.82 Å². The molecule has 150 valence electrons. The molecule has 7 nitrogen and oxygen atoms in total. The fourth-order valence-electron chi connectivity index (χ4n) is 3.80. The lowest BCUT2D eigenvalue weighted by Gasteiger charge is -2.20. The molecule has 1 aliphatic heterocycles. The fraction of sp³-hybridized carbons (Fsp3) is 0.429. The maximum atomic E-state index is 13.2. The van der Waals surface area contributed by atoms with E-state index in [4.69, 9.17) is 0 Å². The molecule has 2 aliphatic rings. The Kier molecular flexibility index (Phi) is 5.12. The van der Waals surface area contributed by atoms with E-state index in [1.807, 2.05) is 45.4 Å². The van der Waals surface area contributed by atoms with Crippen LogP contribution in [0.5, 0.6) is 0 Å². The zero-order valence-corrected chi connectivity index (χ0v) is 17.1. The van der Waals surface area contributed by atoms with Crippen LogP contribution in [0.3, 0.4) is 0 Å². The van der Waals surface area contributed by atoms with Gasteiger partial charge in [0.1, 0.15) is 5.82 Å². The Morgan fingerprint density at radius 2 is 1.97 bits per heavy atom. The van der Waals surface area contributed by atoms with E-state index in [1.165, 1.54) is 0 Å². The molecule has 3 aromatic rings.